The van der Waals surface area contributed by atoms with E-state index >= 15 is 0 Å². The molecule has 2 saturated heterocycles. The van der Waals surface area contributed by atoms with Gasteiger partial charge in [-0.3, -0.25) is 52.9 Å². The Hall–Kier alpha value is -7.09. The number of aliphatic imine (C=N–C) groups is 1. The predicted molar refractivity (Wildman–Crippen MR) is 304 cm³/mol. The number of benzene rings is 2. The van der Waals surface area contributed by atoms with Crippen LogP contribution in [0.4, 0.5) is 0 Å². The average molecular weight is 1150 g/mol. The van der Waals surface area contributed by atoms with Crippen LogP contribution in [0.3, 0.4) is 0 Å². The molecule has 438 valence electrons. The zero-order valence-electron chi connectivity index (χ0n) is 45.8. The van der Waals surface area contributed by atoms with Crippen molar-refractivity contribution < 1.29 is 52.7 Å². The van der Waals surface area contributed by atoms with E-state index in [2.05, 4.69) is 42.2 Å². The molecule has 80 heavy (non-hydrogen) atoms. The first-order valence-corrected chi connectivity index (χ1v) is 29.6. The van der Waals surface area contributed by atoms with E-state index in [-0.39, 0.29) is 63.3 Å². The van der Waals surface area contributed by atoms with E-state index in [1.54, 1.807) is 68.4 Å². The van der Waals surface area contributed by atoms with Crippen LogP contribution in [0.25, 0.3) is 0 Å². The molecule has 0 radical (unpaired) electrons. The van der Waals surface area contributed by atoms with Crippen LogP contribution in [0.5, 0.6) is 5.75 Å². The number of nitrogens with one attached hydrogen (secondary N) is 7. The minimum absolute atomic E-state index is 0.0107. The van der Waals surface area contributed by atoms with Crippen LogP contribution in [0, 0.1) is 5.92 Å². The smallest absolute Gasteiger partial charge is 0.246 e. The highest BCUT2D eigenvalue weighted by molar-refractivity contribution is 8.77. The van der Waals surface area contributed by atoms with Gasteiger partial charge in [0.15, 0.2) is 5.96 Å². The lowest BCUT2D eigenvalue weighted by atomic mass is 9.85. The number of likely N-dealkylation sites (tertiary alicyclic amines) is 1. The normalized spacial score (nSPS) is 23.1. The van der Waals surface area contributed by atoms with E-state index in [0.29, 0.717) is 49.2 Å². The van der Waals surface area contributed by atoms with Crippen molar-refractivity contribution in [2.75, 3.05) is 32.0 Å². The third kappa shape index (κ3) is 19.9. The summed E-state index contributed by atoms with van der Waals surface area (Å²) in [5, 5.41) is 19.1. The fourth-order valence-electron chi connectivity index (χ4n) is 9.83. The molecule has 2 aromatic carbocycles. The van der Waals surface area contributed by atoms with Crippen molar-refractivity contribution in [1.82, 2.24) is 42.1 Å². The first kappa shape index (κ1) is 63.7. The summed E-state index contributed by atoms with van der Waals surface area (Å²) < 4.78 is 4.93. The molecule has 1 saturated carbocycles. The molecule has 0 bridgehead atoms. The molecule has 8 atom stereocenters. The van der Waals surface area contributed by atoms with Gasteiger partial charge >= 0.3 is 0 Å². The summed E-state index contributed by atoms with van der Waals surface area (Å²) >= 11 is 0. The van der Waals surface area contributed by atoms with Gasteiger partial charge in [0.2, 0.25) is 59.1 Å². The molecular formula is C54H79N13O11S2. The van der Waals surface area contributed by atoms with Crippen molar-refractivity contribution in [3.63, 3.8) is 0 Å². The number of hydrogen-bond acceptors (Lipinski definition) is 14. The van der Waals surface area contributed by atoms with E-state index in [9.17, 15) is 47.9 Å². The number of nitrogens with zero attached hydrogens (tertiary/aromatic N) is 2. The Balaban J connectivity index is 1.53. The topological polar surface area (TPSA) is 384 Å². The number of primary amides is 2. The number of hydrogen-bond donors (Lipinski definition) is 11. The minimum atomic E-state index is -1.66. The van der Waals surface area contributed by atoms with Crippen LogP contribution in [0.2, 0.25) is 0 Å². The van der Waals surface area contributed by atoms with Crippen LogP contribution in [0.15, 0.2) is 59.6 Å². The van der Waals surface area contributed by atoms with E-state index in [0.717, 1.165) is 19.3 Å². The Morgan fingerprint density at radius 1 is 0.775 bits per heavy atom. The Labute approximate surface area is 474 Å². The van der Waals surface area contributed by atoms with Crippen molar-refractivity contribution in [2.45, 2.75) is 158 Å². The van der Waals surface area contributed by atoms with Gasteiger partial charge in [0.25, 0.3) is 0 Å². The summed E-state index contributed by atoms with van der Waals surface area (Å²) in [5.41, 5.74) is 23.3. The molecule has 2 aliphatic heterocycles. The number of nitrogens with two attached hydrogens (primary N) is 4. The van der Waals surface area contributed by atoms with E-state index in [1.165, 1.54) is 26.5 Å². The number of guanidine groups is 1. The number of amides is 10. The number of carbonyl (C=O) groups is 10. The Morgan fingerprint density at radius 3 is 2.05 bits per heavy atom. The van der Waals surface area contributed by atoms with Crippen molar-refractivity contribution in [1.29, 1.82) is 0 Å². The van der Waals surface area contributed by atoms with E-state index in [4.69, 9.17) is 27.7 Å². The van der Waals surface area contributed by atoms with Gasteiger partial charge in [-0.05, 0) is 74.6 Å². The second-order valence-electron chi connectivity index (χ2n) is 20.5. The lowest BCUT2D eigenvalue weighted by molar-refractivity contribution is -0.142. The maximum Gasteiger partial charge on any atom is 0.246 e. The van der Waals surface area contributed by atoms with Crippen LogP contribution in [0.1, 0.15) is 109 Å². The minimum Gasteiger partial charge on any atom is -0.494 e. The molecule has 0 aromatic heterocycles. The summed E-state index contributed by atoms with van der Waals surface area (Å²) in [6, 6.07) is 6.88. The molecule has 1 aliphatic carbocycles. The summed E-state index contributed by atoms with van der Waals surface area (Å²) in [7, 11) is 2.60. The second-order valence-corrected chi connectivity index (χ2v) is 23.3. The van der Waals surface area contributed by atoms with Gasteiger partial charge in [-0.25, -0.2) is 0 Å². The molecule has 1 spiro atoms. The largest absolute Gasteiger partial charge is 0.494 e. The fourth-order valence-corrected chi connectivity index (χ4v) is 13.2. The van der Waals surface area contributed by atoms with Crippen LogP contribution in [-0.2, 0) is 60.8 Å². The van der Waals surface area contributed by atoms with Crippen molar-refractivity contribution in [3.8, 4) is 5.75 Å². The number of carbonyl (C=O) groups excluding carboxylic acids is 10. The number of ether oxygens (including phenoxy) is 1. The monoisotopic (exact) mass is 1150 g/mol. The zero-order chi connectivity index (χ0) is 58.4. The van der Waals surface area contributed by atoms with E-state index in [1.807, 2.05) is 6.92 Å². The summed E-state index contributed by atoms with van der Waals surface area (Å²) in [4.78, 5) is 145. The molecule has 5 rings (SSSR count). The molecular weight excluding hydrogens is 1070 g/mol. The third-order valence-corrected chi connectivity index (χ3v) is 17.6. The fraction of sp³-hybridized carbons (Fsp3) is 0.574. The molecule has 3 fully saturated rings. The van der Waals surface area contributed by atoms with Crippen LogP contribution < -0.4 is 64.9 Å². The Bertz CT molecular complexity index is 2510. The lowest BCUT2D eigenvalue weighted by Crippen LogP contribution is -2.62. The molecule has 2 heterocycles. The summed E-state index contributed by atoms with van der Waals surface area (Å²) in [6.07, 6.45) is 4.11. The van der Waals surface area contributed by atoms with Gasteiger partial charge in [0.05, 0.1) is 19.6 Å². The van der Waals surface area contributed by atoms with Crippen LogP contribution >= 0.6 is 21.6 Å². The van der Waals surface area contributed by atoms with E-state index < -0.39 is 125 Å². The van der Waals surface area contributed by atoms with Crippen molar-refractivity contribution in [3.05, 3.63) is 65.7 Å². The molecule has 15 N–H and O–H groups in total. The van der Waals surface area contributed by atoms with Gasteiger partial charge in [0, 0.05) is 42.9 Å². The molecule has 3 aliphatic rings. The lowest BCUT2D eigenvalue weighted by Gasteiger charge is -2.37. The van der Waals surface area contributed by atoms with Crippen molar-refractivity contribution >= 4 is 86.6 Å². The maximum absolute atomic E-state index is 15.0. The first-order valence-electron chi connectivity index (χ1n) is 27.3. The molecule has 26 heteroatoms. The highest BCUT2D eigenvalue weighted by atomic mass is 33.1. The molecule has 10 amide bonds. The third-order valence-electron chi connectivity index (χ3n) is 14.3. The standard InChI is InChI=1S/C54H79N13O11S2/c1-4-32(3)45-51(76)64-39(28-42(55)68)48(73)65-40(52(77)67-25-13-17-41(67)50(75)62-36(16-12-24-59-53(57)58)46(71)60-30-43(56)69)31-79-80-54(22-10-7-11-23-54)29-44(70)61-37(27-34-18-20-35(21-19-34)78-5-2)47(72)63-38(49(74)66-45)26-33-14-8-6-9-15-33/h6,8-9,14-15,18-21,32,36-41,45H,4-5,7,10-13,16-17,22-31H2,1-3H3,(H2,55,68)(H2,56,69)(H,60,71)(H,61,70)(H,62,75)(H,63,72)(H,64,76)(H,65,73)(H,66,74)(H4,57,58,59)/t32-,36-,37?,38?,39-,40?,41-,45-/m0/s1. The Kier molecular flexibility index (Phi) is 25.2. The van der Waals surface area contributed by atoms with Gasteiger partial charge in [-0.1, -0.05) is 104 Å². The SMILES string of the molecule is CCOc1ccc(CC2NC(=O)CC3(CCCCC3)SSCC(C(=O)N3CCC[C@H]3C(=O)N[C@@H](CCCN=C(N)N)C(=O)NCC(N)=O)NC(=O)[C@H](CC(N)=O)NC(=O)[C@H]([C@@H](C)CC)NC(=O)C(Cc3ccccc3)NC2=O)cc1. The molecule has 2 aromatic rings. The van der Waals surface area contributed by atoms with Gasteiger partial charge in [-0.2, -0.15) is 0 Å². The van der Waals surface area contributed by atoms with Gasteiger partial charge < -0.3 is 69.8 Å². The second kappa shape index (κ2) is 31.6. The van der Waals surface area contributed by atoms with Crippen LogP contribution in [-0.4, -0.2) is 149 Å². The van der Waals surface area contributed by atoms with Gasteiger partial charge in [0.1, 0.15) is 48.0 Å². The van der Waals surface area contributed by atoms with Crippen molar-refractivity contribution in [2.24, 2.45) is 33.8 Å². The highest BCUT2D eigenvalue weighted by Gasteiger charge is 2.42. The highest BCUT2D eigenvalue weighted by Crippen LogP contribution is 2.48. The number of rotatable bonds is 20. The van der Waals surface area contributed by atoms with Gasteiger partial charge in [-0.15, -0.1) is 0 Å². The first-order chi connectivity index (χ1) is 38.2. The Morgan fingerprint density at radius 2 is 1.41 bits per heavy atom. The zero-order valence-corrected chi connectivity index (χ0v) is 47.4. The summed E-state index contributed by atoms with van der Waals surface area (Å²) in [6.45, 7) is 5.48. The predicted octanol–water partition coefficient (Wildman–Crippen LogP) is -0.165. The quantitative estimate of drug-likeness (QED) is 0.0355. The summed E-state index contributed by atoms with van der Waals surface area (Å²) in [5.74, 6) is -7.78. The average Bonchev–Trinajstić information content (AvgIpc) is 3.92. The molecule has 3 unspecified atom stereocenters. The maximum atomic E-state index is 15.0. The molecule has 24 nitrogen and oxygen atoms in total.